The Bertz CT molecular complexity index is 73.3. The molecule has 0 radical (unpaired) electrons. The van der Waals surface area contributed by atoms with Gasteiger partial charge in [-0.1, -0.05) is 6.92 Å². The van der Waals surface area contributed by atoms with Crippen LogP contribution in [0.25, 0.3) is 0 Å². The van der Waals surface area contributed by atoms with Gasteiger partial charge < -0.3 is 15.2 Å². The number of nitrogens with one attached hydrogen (secondary N) is 1. The fourth-order valence-electron chi connectivity index (χ4n) is 0.141. The molecule has 0 saturated heterocycles. The highest BCUT2D eigenvalue weighted by atomic mass is 31.2. The molecule has 0 spiro atoms. The second-order valence-electron chi connectivity index (χ2n) is 1.09. The SMILES string of the molecule is CCC(=N)P(O)O. The van der Waals surface area contributed by atoms with Crippen molar-refractivity contribution >= 4 is 13.8 Å². The molecule has 0 rings (SSSR count). The largest absolute Gasteiger partial charge is 0.346 e. The van der Waals surface area contributed by atoms with Crippen LogP contribution < -0.4 is 0 Å². The van der Waals surface area contributed by atoms with E-state index in [0.717, 1.165) is 0 Å². The lowest BCUT2D eigenvalue weighted by molar-refractivity contribution is 0.499. The molecule has 0 heterocycles. The van der Waals surface area contributed by atoms with Crippen LogP contribution in [0.3, 0.4) is 0 Å². The molecule has 0 bridgehead atoms. The number of hydrogen-bond donors (Lipinski definition) is 3. The van der Waals surface area contributed by atoms with Gasteiger partial charge in [-0.2, -0.15) is 0 Å². The van der Waals surface area contributed by atoms with Crippen molar-refractivity contribution in [3.8, 4) is 0 Å². The van der Waals surface area contributed by atoms with Crippen LogP contribution in [0.5, 0.6) is 0 Å². The fourth-order valence-corrected chi connectivity index (χ4v) is 0.424. The molecule has 42 valence electrons. The highest BCUT2D eigenvalue weighted by Gasteiger charge is 2.01. The summed E-state index contributed by atoms with van der Waals surface area (Å²) in [5.74, 6) is 0. The first-order chi connectivity index (χ1) is 3.18. The van der Waals surface area contributed by atoms with Crippen molar-refractivity contribution in [2.75, 3.05) is 0 Å². The van der Waals surface area contributed by atoms with Crippen LogP contribution in [0.4, 0.5) is 0 Å². The van der Waals surface area contributed by atoms with Gasteiger partial charge in [0.1, 0.15) is 0 Å². The molecule has 0 amide bonds. The van der Waals surface area contributed by atoms with E-state index >= 15 is 0 Å². The van der Waals surface area contributed by atoms with Crippen LogP contribution in [-0.2, 0) is 0 Å². The van der Waals surface area contributed by atoms with Crippen LogP contribution in [-0.4, -0.2) is 15.2 Å². The molecule has 3 N–H and O–H groups in total. The summed E-state index contributed by atoms with van der Waals surface area (Å²) in [5, 5.41) is 6.72. The van der Waals surface area contributed by atoms with E-state index in [0.29, 0.717) is 6.42 Å². The molecule has 0 saturated carbocycles. The van der Waals surface area contributed by atoms with Crippen molar-refractivity contribution in [2.45, 2.75) is 13.3 Å². The van der Waals surface area contributed by atoms with E-state index in [4.69, 9.17) is 15.2 Å². The number of rotatable bonds is 2. The fraction of sp³-hybridized carbons (Fsp3) is 0.667. The van der Waals surface area contributed by atoms with Crippen LogP contribution >= 0.6 is 8.38 Å². The average Bonchev–Trinajstić information content (AvgIpc) is 1.65. The molecule has 0 atom stereocenters. The van der Waals surface area contributed by atoms with Crippen LogP contribution in [0.2, 0.25) is 0 Å². The summed E-state index contributed by atoms with van der Waals surface area (Å²) in [4.78, 5) is 16.4. The van der Waals surface area contributed by atoms with Gasteiger partial charge in [-0.05, 0) is 6.42 Å². The summed E-state index contributed by atoms with van der Waals surface area (Å²) < 4.78 is 0. The molecular formula is C3H8NO2P. The van der Waals surface area contributed by atoms with Gasteiger partial charge in [-0.15, -0.1) is 0 Å². The number of hydrogen-bond acceptors (Lipinski definition) is 3. The topological polar surface area (TPSA) is 64.3 Å². The maximum atomic E-state index is 8.22. The third-order valence-electron chi connectivity index (χ3n) is 0.576. The summed E-state index contributed by atoms with van der Waals surface area (Å²) in [6.07, 6.45) is 0.429. The lowest BCUT2D eigenvalue weighted by Gasteiger charge is -1.97. The van der Waals surface area contributed by atoms with Crippen molar-refractivity contribution in [3.05, 3.63) is 0 Å². The summed E-state index contributed by atoms with van der Waals surface area (Å²) in [5.41, 5.74) is 0.0231. The molecule has 7 heavy (non-hydrogen) atoms. The van der Waals surface area contributed by atoms with E-state index in [1.807, 2.05) is 0 Å². The van der Waals surface area contributed by atoms with E-state index in [-0.39, 0.29) is 5.45 Å². The van der Waals surface area contributed by atoms with Crippen molar-refractivity contribution in [2.24, 2.45) is 0 Å². The molecule has 0 unspecified atom stereocenters. The van der Waals surface area contributed by atoms with E-state index in [9.17, 15) is 0 Å². The van der Waals surface area contributed by atoms with Crippen LogP contribution in [0.1, 0.15) is 13.3 Å². The van der Waals surface area contributed by atoms with Gasteiger partial charge in [0.25, 0.3) is 0 Å². The molecule has 3 nitrogen and oxygen atoms in total. The Hall–Kier alpha value is 0.0200. The second-order valence-corrected chi connectivity index (χ2v) is 2.21. The molecule has 4 heteroatoms. The van der Waals surface area contributed by atoms with Gasteiger partial charge in [0.15, 0.2) is 0 Å². The third-order valence-corrected chi connectivity index (χ3v) is 1.38. The zero-order chi connectivity index (χ0) is 5.86. The van der Waals surface area contributed by atoms with E-state index < -0.39 is 8.38 Å². The van der Waals surface area contributed by atoms with E-state index in [2.05, 4.69) is 0 Å². The molecule has 0 aromatic rings. The Labute approximate surface area is 43.4 Å². The molecule has 0 aromatic carbocycles. The minimum atomic E-state index is -2.08. The lowest BCUT2D eigenvalue weighted by Crippen LogP contribution is -1.87. The lowest BCUT2D eigenvalue weighted by atomic mass is 10.5. The maximum Gasteiger partial charge on any atom is 0.214 e. The van der Waals surface area contributed by atoms with Gasteiger partial charge in [0.05, 0.1) is 5.45 Å². The molecule has 0 aromatic heterocycles. The Morgan fingerprint density at radius 2 is 2.14 bits per heavy atom. The molecule has 0 aliphatic rings. The van der Waals surface area contributed by atoms with Gasteiger partial charge in [-0.25, -0.2) is 0 Å². The minimum absolute atomic E-state index is 0.0231. The average molecular weight is 121 g/mol. The van der Waals surface area contributed by atoms with E-state index in [1.165, 1.54) is 0 Å². The van der Waals surface area contributed by atoms with Gasteiger partial charge in [0, 0.05) is 0 Å². The van der Waals surface area contributed by atoms with Gasteiger partial charge >= 0.3 is 0 Å². The Morgan fingerprint density at radius 1 is 1.71 bits per heavy atom. The quantitative estimate of drug-likeness (QED) is 0.371. The van der Waals surface area contributed by atoms with Crippen molar-refractivity contribution in [1.29, 1.82) is 5.41 Å². The molecule has 0 aliphatic carbocycles. The maximum absolute atomic E-state index is 8.22. The van der Waals surface area contributed by atoms with E-state index in [1.54, 1.807) is 6.92 Å². The zero-order valence-corrected chi connectivity index (χ0v) is 4.94. The second kappa shape index (κ2) is 3.08. The Balaban J connectivity index is 3.35. The first-order valence-electron chi connectivity index (χ1n) is 1.93. The summed E-state index contributed by atoms with van der Waals surface area (Å²) in [7, 11) is -2.08. The first-order valence-corrected chi connectivity index (χ1v) is 3.18. The summed E-state index contributed by atoms with van der Waals surface area (Å²) in [6, 6.07) is 0. The van der Waals surface area contributed by atoms with Crippen LogP contribution in [0.15, 0.2) is 0 Å². The van der Waals surface area contributed by atoms with Crippen LogP contribution in [0, 0.1) is 5.41 Å². The smallest absolute Gasteiger partial charge is 0.214 e. The van der Waals surface area contributed by atoms with Crippen molar-refractivity contribution < 1.29 is 9.79 Å². The standard InChI is InChI=1S/C3H8NO2P/c1-2-3(4)7(5)6/h4-6H,2H2,1H3. The highest BCUT2D eigenvalue weighted by Crippen LogP contribution is 2.25. The predicted octanol–water partition coefficient (Wildman–Crippen LogP) is 0.670. The highest BCUT2D eigenvalue weighted by molar-refractivity contribution is 7.64. The Morgan fingerprint density at radius 3 is 2.14 bits per heavy atom. The third kappa shape index (κ3) is 2.68. The monoisotopic (exact) mass is 121 g/mol. The van der Waals surface area contributed by atoms with Crippen molar-refractivity contribution in [1.82, 2.24) is 0 Å². The first kappa shape index (κ1) is 7.02. The molecule has 0 aliphatic heterocycles. The molecule has 0 fully saturated rings. The zero-order valence-electron chi connectivity index (χ0n) is 4.05. The summed E-state index contributed by atoms with van der Waals surface area (Å²) in [6.45, 7) is 1.71. The van der Waals surface area contributed by atoms with Gasteiger partial charge in [0.2, 0.25) is 8.38 Å². The van der Waals surface area contributed by atoms with Gasteiger partial charge in [-0.3, -0.25) is 0 Å². The minimum Gasteiger partial charge on any atom is -0.346 e. The Kier molecular flexibility index (Phi) is 3.09. The predicted molar refractivity (Wildman–Crippen MR) is 29.4 cm³/mol. The van der Waals surface area contributed by atoms with Crippen molar-refractivity contribution in [3.63, 3.8) is 0 Å². The molecular weight excluding hydrogens is 113 g/mol. The summed E-state index contributed by atoms with van der Waals surface area (Å²) >= 11 is 0. The normalized spacial score (nSPS) is 9.71.